The highest BCUT2D eigenvalue weighted by atomic mass is 35.5. The molecule has 0 aliphatic carbocycles. The van der Waals surface area contributed by atoms with Gasteiger partial charge in [-0.3, -0.25) is 9.59 Å². The maximum Gasteiger partial charge on any atom is 0.323 e. The highest BCUT2D eigenvalue weighted by Crippen LogP contribution is 2.33. The zero-order chi connectivity index (χ0) is 31.8. The molecule has 0 aliphatic heterocycles. The van der Waals surface area contributed by atoms with Crippen molar-refractivity contribution in [3.63, 3.8) is 0 Å². The van der Waals surface area contributed by atoms with E-state index in [0.29, 0.717) is 52.4 Å². The number of hydrogen-bond donors (Lipinski definition) is 2. The number of nitrogens with zero attached hydrogens (tertiary/aromatic N) is 1. The van der Waals surface area contributed by atoms with E-state index in [1.807, 2.05) is 18.2 Å². The first-order valence-electron chi connectivity index (χ1n) is 13.6. The van der Waals surface area contributed by atoms with Gasteiger partial charge in [0.05, 0.1) is 5.52 Å². The van der Waals surface area contributed by atoms with E-state index in [1.165, 1.54) is 6.07 Å². The molecule has 3 aromatic carbocycles. The molecule has 1 heterocycles. The Labute approximate surface area is 256 Å². The molecule has 2 N–H and O–H groups in total. The van der Waals surface area contributed by atoms with Crippen LogP contribution in [0.3, 0.4) is 0 Å². The van der Waals surface area contributed by atoms with Gasteiger partial charge in [0.2, 0.25) is 0 Å². The molecule has 4 aromatic rings. The summed E-state index contributed by atoms with van der Waals surface area (Å²) in [6, 6.07) is 11.7. The van der Waals surface area contributed by atoms with Gasteiger partial charge >= 0.3 is 11.9 Å². The van der Waals surface area contributed by atoms with Crippen molar-refractivity contribution in [3.05, 3.63) is 106 Å². The molecule has 0 radical (unpaired) electrons. The van der Waals surface area contributed by atoms with Crippen LogP contribution in [0, 0.1) is 24.4 Å². The fourth-order valence-electron chi connectivity index (χ4n) is 4.78. The van der Waals surface area contributed by atoms with Crippen LogP contribution in [0.1, 0.15) is 35.2 Å². The second-order valence-corrected chi connectivity index (χ2v) is 10.2. The third kappa shape index (κ3) is 8.02. The second kappa shape index (κ2) is 14.7. The molecule has 0 aliphatic rings. The van der Waals surface area contributed by atoms with Gasteiger partial charge < -0.3 is 24.3 Å². The van der Waals surface area contributed by atoms with E-state index >= 15 is 4.39 Å². The van der Waals surface area contributed by atoms with Gasteiger partial charge in [-0.05, 0) is 72.9 Å². The lowest BCUT2D eigenvalue weighted by molar-refractivity contribution is -0.138. The molecule has 11 heteroatoms. The van der Waals surface area contributed by atoms with Gasteiger partial charge in [-0.25, -0.2) is 13.2 Å². The summed E-state index contributed by atoms with van der Waals surface area (Å²) in [5.74, 6) is -3.73. The Morgan fingerprint density at radius 2 is 1.61 bits per heavy atom. The zero-order valence-electron chi connectivity index (χ0n) is 23.7. The lowest BCUT2D eigenvalue weighted by Gasteiger charge is -2.08. The van der Waals surface area contributed by atoms with E-state index in [0.717, 1.165) is 11.6 Å². The fraction of sp³-hybridized carbons (Fsp3) is 0.212. The summed E-state index contributed by atoms with van der Waals surface area (Å²) >= 11 is 5.77. The van der Waals surface area contributed by atoms with E-state index in [9.17, 15) is 23.5 Å². The predicted octanol–water partition coefficient (Wildman–Crippen LogP) is 7.70. The van der Waals surface area contributed by atoms with Crippen LogP contribution in [0.25, 0.3) is 23.1 Å². The standard InChI is InChI=1S/C33H29ClF3NO6/c1-20-25(5-4-6-29(39)40)31-26(36)14-11-22(33(31)38(20)19-30(41)42)10-7-21-8-12-24(13-9-21)43-15-2-3-16-44-28-18-23(35)17-27(37)32(28)34/h2-3,7-14,17-18H,4-6,15-16,19H2,1H3,(H,39,40)(H,41,42)/b3-2+,10-7+. The van der Waals surface area contributed by atoms with E-state index in [1.54, 1.807) is 47.9 Å². The number of halogens is 4. The van der Waals surface area contributed by atoms with Crippen LogP contribution in [0.4, 0.5) is 13.2 Å². The monoisotopic (exact) mass is 627 g/mol. The number of carboxylic acid groups (broad SMARTS) is 2. The highest BCUT2D eigenvalue weighted by molar-refractivity contribution is 6.32. The van der Waals surface area contributed by atoms with E-state index < -0.39 is 29.4 Å². The number of carboxylic acids is 2. The third-order valence-corrected chi connectivity index (χ3v) is 7.19. The van der Waals surface area contributed by atoms with Crippen molar-refractivity contribution in [2.75, 3.05) is 13.2 Å². The molecular formula is C33H29ClF3NO6. The molecule has 0 fully saturated rings. The van der Waals surface area contributed by atoms with Crippen LogP contribution in [0.15, 0.2) is 60.7 Å². The van der Waals surface area contributed by atoms with Gasteiger partial charge in [0, 0.05) is 29.6 Å². The summed E-state index contributed by atoms with van der Waals surface area (Å²) in [5, 5.41) is 18.5. The van der Waals surface area contributed by atoms with Gasteiger partial charge in [-0.2, -0.15) is 0 Å². The summed E-state index contributed by atoms with van der Waals surface area (Å²) in [6.45, 7) is 1.60. The molecule has 0 bridgehead atoms. The van der Waals surface area contributed by atoms with Crippen LogP contribution in [0.2, 0.25) is 5.02 Å². The maximum absolute atomic E-state index is 15.1. The highest BCUT2D eigenvalue weighted by Gasteiger charge is 2.21. The number of fused-ring (bicyclic) bond motifs is 1. The van der Waals surface area contributed by atoms with Crippen LogP contribution in [0.5, 0.6) is 11.5 Å². The topological polar surface area (TPSA) is 98.0 Å². The van der Waals surface area contributed by atoms with Gasteiger partial charge in [-0.1, -0.05) is 35.9 Å². The molecule has 230 valence electrons. The SMILES string of the molecule is Cc1c(CCCC(=O)O)c2c(F)ccc(/C=C/c3ccc(OC/C=C/COc4cc(F)cc(F)c4Cl)cc3)c2n1CC(=O)O. The summed E-state index contributed by atoms with van der Waals surface area (Å²) in [7, 11) is 0. The summed E-state index contributed by atoms with van der Waals surface area (Å²) < 4.78 is 54.4. The number of aryl methyl sites for hydroxylation is 1. The first-order chi connectivity index (χ1) is 21.0. The molecular weight excluding hydrogens is 599 g/mol. The van der Waals surface area contributed by atoms with Crippen LogP contribution in [-0.2, 0) is 22.6 Å². The van der Waals surface area contributed by atoms with Crippen molar-refractivity contribution in [3.8, 4) is 11.5 Å². The first-order valence-corrected chi connectivity index (χ1v) is 14.0. The maximum atomic E-state index is 15.1. The van der Waals surface area contributed by atoms with Crippen molar-refractivity contribution < 1.29 is 42.4 Å². The Bertz CT molecular complexity index is 1730. The lowest BCUT2D eigenvalue weighted by atomic mass is 10.0. The number of benzene rings is 3. The Morgan fingerprint density at radius 3 is 2.30 bits per heavy atom. The van der Waals surface area contributed by atoms with Crippen molar-refractivity contribution in [1.29, 1.82) is 0 Å². The number of ether oxygens (including phenoxy) is 2. The molecule has 44 heavy (non-hydrogen) atoms. The number of carbonyl (C=O) groups is 2. The van der Waals surface area contributed by atoms with Gasteiger partial charge in [-0.15, -0.1) is 0 Å². The van der Waals surface area contributed by atoms with Crippen molar-refractivity contribution in [2.24, 2.45) is 0 Å². The molecule has 0 saturated carbocycles. The van der Waals surface area contributed by atoms with Gasteiger partial charge in [0.25, 0.3) is 0 Å². The minimum atomic E-state index is -1.08. The molecule has 1 aromatic heterocycles. The number of hydrogen-bond acceptors (Lipinski definition) is 4. The van der Waals surface area contributed by atoms with Crippen molar-refractivity contribution in [2.45, 2.75) is 32.7 Å². The molecule has 0 spiro atoms. The molecule has 7 nitrogen and oxygen atoms in total. The fourth-order valence-corrected chi connectivity index (χ4v) is 4.94. The van der Waals surface area contributed by atoms with Crippen LogP contribution < -0.4 is 9.47 Å². The molecule has 0 unspecified atom stereocenters. The van der Waals surface area contributed by atoms with E-state index in [-0.39, 0.29) is 37.0 Å². The Balaban J connectivity index is 1.43. The molecule has 0 saturated heterocycles. The molecule has 0 atom stereocenters. The first kappa shape index (κ1) is 32.2. The normalized spacial score (nSPS) is 11.6. The van der Waals surface area contributed by atoms with Gasteiger partial charge in [0.15, 0.2) is 0 Å². The smallest absolute Gasteiger partial charge is 0.323 e. The lowest BCUT2D eigenvalue weighted by Crippen LogP contribution is -2.10. The van der Waals surface area contributed by atoms with Gasteiger partial charge in [0.1, 0.15) is 53.7 Å². The Hall–Kier alpha value is -4.70. The molecule has 4 rings (SSSR count). The second-order valence-electron chi connectivity index (χ2n) is 9.85. The minimum Gasteiger partial charge on any atom is -0.490 e. The van der Waals surface area contributed by atoms with Crippen LogP contribution >= 0.6 is 11.6 Å². The van der Waals surface area contributed by atoms with E-state index in [2.05, 4.69) is 0 Å². The average molecular weight is 628 g/mol. The largest absolute Gasteiger partial charge is 0.490 e. The zero-order valence-corrected chi connectivity index (χ0v) is 24.4. The quantitative estimate of drug-likeness (QED) is 0.0845. The Morgan fingerprint density at radius 1 is 0.909 bits per heavy atom. The summed E-state index contributed by atoms with van der Waals surface area (Å²) in [5.41, 5.74) is 3.05. The average Bonchev–Trinajstić information content (AvgIpc) is 3.24. The van der Waals surface area contributed by atoms with Crippen molar-refractivity contribution in [1.82, 2.24) is 4.57 Å². The van der Waals surface area contributed by atoms with Crippen molar-refractivity contribution >= 4 is 46.6 Å². The third-order valence-electron chi connectivity index (χ3n) is 6.83. The number of aromatic nitrogens is 1. The molecule has 0 amide bonds. The van der Waals surface area contributed by atoms with E-state index in [4.69, 9.17) is 26.2 Å². The number of rotatable bonds is 14. The summed E-state index contributed by atoms with van der Waals surface area (Å²) in [4.78, 5) is 22.7. The summed E-state index contributed by atoms with van der Waals surface area (Å²) in [6.07, 6.45) is 7.41. The van der Waals surface area contributed by atoms with Crippen LogP contribution in [-0.4, -0.2) is 39.9 Å². The number of aliphatic carboxylic acids is 2. The minimum absolute atomic E-state index is 0.0333. The Kier molecular flexibility index (Phi) is 10.7. The predicted molar refractivity (Wildman–Crippen MR) is 162 cm³/mol.